The first-order chi connectivity index (χ1) is 17.6. The number of pyridine rings is 2. The van der Waals surface area contributed by atoms with Crippen LogP contribution in [0, 0.1) is 0 Å². The van der Waals surface area contributed by atoms with Gasteiger partial charge in [0.2, 0.25) is 5.91 Å². The van der Waals surface area contributed by atoms with Gasteiger partial charge in [-0.3, -0.25) is 14.6 Å². The number of hydrogen-bond acceptors (Lipinski definition) is 7. The third-order valence-corrected chi connectivity index (χ3v) is 6.57. The highest BCUT2D eigenvalue weighted by atomic mass is 16.5. The summed E-state index contributed by atoms with van der Waals surface area (Å²) in [4.78, 5) is 34.8. The molecule has 1 aromatic carbocycles. The second kappa shape index (κ2) is 13.0. The maximum atomic E-state index is 11.9. The molecule has 1 amide bonds. The van der Waals surface area contributed by atoms with E-state index >= 15 is 0 Å². The van der Waals surface area contributed by atoms with Crippen molar-refractivity contribution in [3.05, 3.63) is 54.4 Å². The van der Waals surface area contributed by atoms with E-state index in [1.807, 2.05) is 36.5 Å². The molecule has 0 atom stereocenters. The average Bonchev–Trinajstić information content (AvgIpc) is 2.93. The largest absolute Gasteiger partial charge is 0.468 e. The molecule has 190 valence electrons. The molecule has 3 aromatic rings. The van der Waals surface area contributed by atoms with E-state index < -0.39 is 5.97 Å². The molecule has 3 heterocycles. The van der Waals surface area contributed by atoms with Crippen molar-refractivity contribution in [1.29, 1.82) is 0 Å². The van der Waals surface area contributed by atoms with E-state index in [4.69, 9.17) is 4.98 Å². The number of fused-ring (bicyclic) bond motifs is 1. The van der Waals surface area contributed by atoms with Crippen LogP contribution in [0.4, 0.5) is 5.69 Å². The van der Waals surface area contributed by atoms with Crippen molar-refractivity contribution in [3.8, 4) is 11.3 Å². The van der Waals surface area contributed by atoms with Crippen LogP contribution in [0.1, 0.15) is 37.7 Å². The van der Waals surface area contributed by atoms with Gasteiger partial charge >= 0.3 is 5.97 Å². The van der Waals surface area contributed by atoms with Crippen LogP contribution in [0.15, 0.2) is 48.8 Å². The summed E-state index contributed by atoms with van der Waals surface area (Å²) in [6.45, 7) is 4.37. The Morgan fingerprint density at radius 2 is 1.89 bits per heavy atom. The molecule has 0 unspecified atom stereocenters. The average molecular weight is 490 g/mol. The van der Waals surface area contributed by atoms with E-state index in [-0.39, 0.29) is 12.5 Å². The minimum atomic E-state index is -0.456. The number of piperidine rings is 1. The highest BCUT2D eigenvalue weighted by molar-refractivity contribution is 5.93. The van der Waals surface area contributed by atoms with E-state index in [1.165, 1.54) is 39.5 Å². The van der Waals surface area contributed by atoms with Gasteiger partial charge in [0.05, 0.1) is 18.3 Å². The van der Waals surface area contributed by atoms with Crippen molar-refractivity contribution in [2.24, 2.45) is 0 Å². The molecule has 36 heavy (non-hydrogen) atoms. The van der Waals surface area contributed by atoms with Crippen LogP contribution in [0.5, 0.6) is 0 Å². The number of nitrogens with one attached hydrogen (secondary N) is 2. The Labute approximate surface area is 212 Å². The molecule has 1 aliphatic rings. The number of aryl methyl sites for hydroxylation is 1. The lowest BCUT2D eigenvalue weighted by molar-refractivity contribution is -0.141. The minimum absolute atomic E-state index is 0.105. The van der Waals surface area contributed by atoms with Gasteiger partial charge < -0.3 is 20.3 Å². The predicted octanol–water partition coefficient (Wildman–Crippen LogP) is 3.81. The summed E-state index contributed by atoms with van der Waals surface area (Å²) in [7, 11) is 1.30. The number of carbonyl (C=O) groups is 2. The van der Waals surface area contributed by atoms with Crippen molar-refractivity contribution in [2.75, 3.05) is 45.2 Å². The molecule has 2 aromatic heterocycles. The van der Waals surface area contributed by atoms with Gasteiger partial charge in [0.1, 0.15) is 6.54 Å². The number of benzene rings is 1. The van der Waals surface area contributed by atoms with Crippen molar-refractivity contribution < 1.29 is 14.3 Å². The third kappa shape index (κ3) is 7.24. The van der Waals surface area contributed by atoms with Crippen molar-refractivity contribution in [3.63, 3.8) is 0 Å². The SMILES string of the molecule is COC(=O)CNC(=O)CCc1ccc(-c2cc(NCCCN3CCCCC3)c3cnccc3n2)cc1. The van der Waals surface area contributed by atoms with E-state index in [0.29, 0.717) is 12.8 Å². The summed E-state index contributed by atoms with van der Waals surface area (Å²) in [6, 6.07) is 12.2. The first-order valence-corrected chi connectivity index (χ1v) is 12.8. The van der Waals surface area contributed by atoms with Crippen molar-refractivity contribution in [1.82, 2.24) is 20.2 Å². The van der Waals surface area contributed by atoms with Crippen molar-refractivity contribution >= 4 is 28.5 Å². The fourth-order valence-corrected chi connectivity index (χ4v) is 4.50. The molecule has 0 saturated carbocycles. The van der Waals surface area contributed by atoms with Gasteiger partial charge in [-0.1, -0.05) is 30.7 Å². The maximum Gasteiger partial charge on any atom is 0.325 e. The molecule has 2 N–H and O–H groups in total. The number of rotatable bonds is 11. The van der Waals surface area contributed by atoms with E-state index in [0.717, 1.165) is 52.9 Å². The Balaban J connectivity index is 1.38. The molecular weight excluding hydrogens is 454 g/mol. The van der Waals surface area contributed by atoms with Crippen LogP contribution in [0.3, 0.4) is 0 Å². The summed E-state index contributed by atoms with van der Waals surface area (Å²) in [5.41, 5.74) is 4.92. The molecule has 1 saturated heterocycles. The van der Waals surface area contributed by atoms with Gasteiger partial charge in [-0.15, -0.1) is 0 Å². The summed E-state index contributed by atoms with van der Waals surface area (Å²) in [5, 5.41) is 7.21. The number of nitrogens with zero attached hydrogens (tertiary/aromatic N) is 3. The number of amides is 1. The summed E-state index contributed by atoms with van der Waals surface area (Å²) < 4.78 is 4.54. The fourth-order valence-electron chi connectivity index (χ4n) is 4.50. The molecule has 0 aliphatic carbocycles. The number of esters is 1. The Hall–Kier alpha value is -3.52. The van der Waals surface area contributed by atoms with Crippen LogP contribution in [-0.4, -0.2) is 66.6 Å². The molecule has 8 nitrogen and oxygen atoms in total. The Bertz CT molecular complexity index is 1160. The summed E-state index contributed by atoms with van der Waals surface area (Å²) in [6.07, 6.45) is 9.64. The lowest BCUT2D eigenvalue weighted by Gasteiger charge is -2.26. The van der Waals surface area contributed by atoms with E-state index in [9.17, 15) is 9.59 Å². The van der Waals surface area contributed by atoms with Crippen molar-refractivity contribution in [2.45, 2.75) is 38.5 Å². The molecule has 0 spiro atoms. The van der Waals surface area contributed by atoms with Gasteiger partial charge in [-0.2, -0.15) is 0 Å². The monoisotopic (exact) mass is 489 g/mol. The number of anilines is 1. The summed E-state index contributed by atoms with van der Waals surface area (Å²) in [5.74, 6) is -0.632. The van der Waals surface area contributed by atoms with Gasteiger partial charge in [-0.05, 0) is 63.0 Å². The van der Waals surface area contributed by atoms with Crippen LogP contribution in [0.25, 0.3) is 22.2 Å². The van der Waals surface area contributed by atoms with Crippen LogP contribution >= 0.6 is 0 Å². The lowest BCUT2D eigenvalue weighted by Crippen LogP contribution is -2.31. The number of hydrogen-bond donors (Lipinski definition) is 2. The Morgan fingerprint density at radius 3 is 2.67 bits per heavy atom. The highest BCUT2D eigenvalue weighted by Gasteiger charge is 2.11. The maximum absolute atomic E-state index is 11.9. The minimum Gasteiger partial charge on any atom is -0.468 e. The summed E-state index contributed by atoms with van der Waals surface area (Å²) >= 11 is 0. The number of aromatic nitrogens is 2. The molecule has 0 radical (unpaired) electrons. The second-order valence-corrected chi connectivity index (χ2v) is 9.18. The molecule has 1 aliphatic heterocycles. The number of ether oxygens (including phenoxy) is 1. The van der Waals surface area contributed by atoms with Gasteiger partial charge in [-0.25, -0.2) is 4.98 Å². The zero-order chi connectivity index (χ0) is 25.2. The zero-order valence-corrected chi connectivity index (χ0v) is 21.0. The molecular formula is C28H35N5O3. The fraction of sp³-hybridized carbons (Fsp3) is 0.429. The Morgan fingerprint density at radius 1 is 1.08 bits per heavy atom. The number of methoxy groups -OCH3 is 1. The van der Waals surface area contributed by atoms with Crippen LogP contribution < -0.4 is 10.6 Å². The van der Waals surface area contributed by atoms with Crippen LogP contribution in [0.2, 0.25) is 0 Å². The smallest absolute Gasteiger partial charge is 0.325 e. The predicted molar refractivity (Wildman–Crippen MR) is 142 cm³/mol. The molecule has 1 fully saturated rings. The zero-order valence-electron chi connectivity index (χ0n) is 21.0. The van der Waals surface area contributed by atoms with Gasteiger partial charge in [0.15, 0.2) is 0 Å². The highest BCUT2D eigenvalue weighted by Crippen LogP contribution is 2.28. The van der Waals surface area contributed by atoms with Gasteiger partial charge in [0, 0.05) is 42.0 Å². The molecule has 0 bridgehead atoms. The quantitative estimate of drug-likeness (QED) is 0.312. The second-order valence-electron chi connectivity index (χ2n) is 9.18. The first-order valence-electron chi connectivity index (χ1n) is 12.8. The topological polar surface area (TPSA) is 96.4 Å². The van der Waals surface area contributed by atoms with Crippen LogP contribution in [-0.2, 0) is 20.7 Å². The Kier molecular flexibility index (Phi) is 9.21. The first kappa shape index (κ1) is 25.6. The normalized spacial score (nSPS) is 13.9. The molecule has 4 rings (SSSR count). The third-order valence-electron chi connectivity index (χ3n) is 6.57. The lowest BCUT2D eigenvalue weighted by atomic mass is 10.0. The van der Waals surface area contributed by atoms with E-state index in [1.54, 1.807) is 6.20 Å². The van der Waals surface area contributed by atoms with Gasteiger partial charge in [0.25, 0.3) is 0 Å². The number of carbonyl (C=O) groups excluding carboxylic acids is 2. The molecule has 8 heteroatoms. The standard InChI is InChI=1S/C28H35N5O3/c1-36-28(35)20-31-27(34)11-8-21-6-9-22(10-7-21)25-18-26(23-19-29-14-12-24(23)32-25)30-13-5-17-33-15-3-2-4-16-33/h6-7,9-10,12,14,18-19H,2-5,8,11,13,15-17,20H2,1H3,(H,30,32)(H,31,34). The van der Waals surface area contributed by atoms with E-state index in [2.05, 4.69) is 31.3 Å². The number of likely N-dealkylation sites (tertiary alicyclic amines) is 1.